The molecule has 0 spiro atoms. The van der Waals surface area contributed by atoms with E-state index in [1.165, 1.54) is 19.1 Å². The fraction of sp³-hybridized carbons (Fsp3) is 0.300. The molecule has 1 unspecified atom stereocenters. The molecule has 1 N–H and O–H groups in total. The number of carbonyl (C=O) groups is 2. The van der Waals surface area contributed by atoms with Crippen molar-refractivity contribution in [1.29, 1.82) is 0 Å². The first-order valence-corrected chi connectivity index (χ1v) is 8.46. The zero-order valence-electron chi connectivity index (χ0n) is 15.4. The highest BCUT2D eigenvalue weighted by atomic mass is 16.5. The lowest BCUT2D eigenvalue weighted by Gasteiger charge is -2.22. The summed E-state index contributed by atoms with van der Waals surface area (Å²) >= 11 is 0. The molecule has 1 aromatic heterocycles. The summed E-state index contributed by atoms with van der Waals surface area (Å²) in [6, 6.07) is 9.23. The van der Waals surface area contributed by atoms with E-state index in [4.69, 9.17) is 13.9 Å². The number of hydrogen-bond donors (Lipinski definition) is 1. The molecule has 0 aliphatic carbocycles. The predicted molar refractivity (Wildman–Crippen MR) is 97.3 cm³/mol. The number of hydrogen-bond acceptors (Lipinski definition) is 6. The van der Waals surface area contributed by atoms with Gasteiger partial charge in [0.05, 0.1) is 19.3 Å². The minimum Gasteiger partial charge on any atom is -0.507 e. The van der Waals surface area contributed by atoms with E-state index >= 15 is 0 Å². The average molecular weight is 371 g/mol. The van der Waals surface area contributed by atoms with Crippen LogP contribution >= 0.6 is 0 Å². The van der Waals surface area contributed by atoms with Crippen molar-refractivity contribution in [2.75, 3.05) is 27.4 Å². The highest BCUT2D eigenvalue weighted by Gasteiger charge is 2.47. The van der Waals surface area contributed by atoms with Gasteiger partial charge in [0.15, 0.2) is 0 Å². The Hall–Kier alpha value is -3.06. The Morgan fingerprint density at radius 3 is 2.41 bits per heavy atom. The van der Waals surface area contributed by atoms with Crippen LogP contribution in [0.1, 0.15) is 23.1 Å². The van der Waals surface area contributed by atoms with E-state index in [1.807, 2.05) is 0 Å². The standard InChI is InChI=1S/C20H21NO6/c1-12-4-9-15(27-12)17-16(19(23)20(24)21(17)10-11-25-2)18(22)13-5-7-14(26-3)8-6-13/h4-9,17,22H,10-11H2,1-3H3/b18-16-. The minimum absolute atomic E-state index is 0.00406. The molecule has 0 saturated carbocycles. The molecule has 3 rings (SSSR count). The number of methoxy groups -OCH3 is 2. The van der Waals surface area contributed by atoms with E-state index in [-0.39, 0.29) is 24.5 Å². The first-order chi connectivity index (χ1) is 13.0. The quantitative estimate of drug-likeness (QED) is 0.477. The number of rotatable bonds is 6. The average Bonchev–Trinajstić information content (AvgIpc) is 3.21. The number of aliphatic hydroxyl groups is 1. The predicted octanol–water partition coefficient (Wildman–Crippen LogP) is 2.66. The molecule has 1 fully saturated rings. The number of aliphatic hydroxyl groups excluding tert-OH is 1. The molecular weight excluding hydrogens is 350 g/mol. The topological polar surface area (TPSA) is 89.2 Å². The third-order valence-electron chi connectivity index (χ3n) is 4.47. The normalized spacial score (nSPS) is 18.9. The highest BCUT2D eigenvalue weighted by Crippen LogP contribution is 2.39. The molecule has 1 aliphatic heterocycles. The number of aryl methyl sites for hydroxylation is 1. The molecule has 0 radical (unpaired) electrons. The van der Waals surface area contributed by atoms with Crippen LogP contribution in [0.2, 0.25) is 0 Å². The summed E-state index contributed by atoms with van der Waals surface area (Å²) in [4.78, 5) is 26.6. The van der Waals surface area contributed by atoms with Gasteiger partial charge in [-0.3, -0.25) is 9.59 Å². The number of carbonyl (C=O) groups excluding carboxylic acids is 2. The summed E-state index contributed by atoms with van der Waals surface area (Å²) in [6.07, 6.45) is 0. The monoisotopic (exact) mass is 371 g/mol. The first-order valence-electron chi connectivity index (χ1n) is 8.46. The SMILES string of the molecule is COCCN1C(=O)C(=O)/C(=C(\O)c2ccc(OC)cc2)C1c1ccc(C)o1. The number of ether oxygens (including phenoxy) is 2. The maximum Gasteiger partial charge on any atom is 0.295 e. The van der Waals surface area contributed by atoms with Crippen LogP contribution in [-0.2, 0) is 14.3 Å². The van der Waals surface area contributed by atoms with Crippen molar-refractivity contribution >= 4 is 17.4 Å². The minimum atomic E-state index is -0.809. The molecule has 0 bridgehead atoms. The lowest BCUT2D eigenvalue weighted by molar-refractivity contribution is -0.140. The first kappa shape index (κ1) is 18.7. The van der Waals surface area contributed by atoms with Gasteiger partial charge in [-0.05, 0) is 43.3 Å². The largest absolute Gasteiger partial charge is 0.507 e. The Kier molecular flexibility index (Phi) is 5.32. The number of amides is 1. The van der Waals surface area contributed by atoms with E-state index in [2.05, 4.69) is 0 Å². The maximum atomic E-state index is 12.7. The Morgan fingerprint density at radius 2 is 1.85 bits per heavy atom. The molecule has 1 saturated heterocycles. The van der Waals surface area contributed by atoms with Gasteiger partial charge in [-0.2, -0.15) is 0 Å². The molecule has 1 atom stereocenters. The fourth-order valence-corrected chi connectivity index (χ4v) is 3.10. The molecule has 7 heteroatoms. The summed E-state index contributed by atoms with van der Waals surface area (Å²) in [5.74, 6) is -0.0236. The van der Waals surface area contributed by atoms with Crippen LogP contribution in [0, 0.1) is 6.92 Å². The lowest BCUT2D eigenvalue weighted by Crippen LogP contribution is -2.32. The van der Waals surface area contributed by atoms with Crippen molar-refractivity contribution in [2.45, 2.75) is 13.0 Å². The van der Waals surface area contributed by atoms with Crippen LogP contribution < -0.4 is 4.74 Å². The van der Waals surface area contributed by atoms with E-state index in [0.717, 1.165) is 0 Å². The molecule has 7 nitrogen and oxygen atoms in total. The van der Waals surface area contributed by atoms with Crippen molar-refractivity contribution in [3.8, 4) is 5.75 Å². The second-order valence-electron chi connectivity index (χ2n) is 6.16. The maximum absolute atomic E-state index is 12.7. The molecule has 1 aliphatic rings. The summed E-state index contributed by atoms with van der Waals surface area (Å²) in [5, 5.41) is 10.8. The summed E-state index contributed by atoms with van der Waals surface area (Å²) in [6.45, 7) is 2.23. The van der Waals surface area contributed by atoms with Gasteiger partial charge in [0.25, 0.3) is 11.7 Å². The van der Waals surface area contributed by atoms with Gasteiger partial charge < -0.3 is 23.9 Å². The van der Waals surface area contributed by atoms with Crippen LogP contribution in [0.4, 0.5) is 0 Å². The van der Waals surface area contributed by atoms with Gasteiger partial charge in [-0.25, -0.2) is 0 Å². The van der Waals surface area contributed by atoms with E-state index in [9.17, 15) is 14.7 Å². The Bertz CT molecular complexity index is 880. The summed E-state index contributed by atoms with van der Waals surface area (Å²) in [5.41, 5.74) is 0.407. The van der Waals surface area contributed by atoms with Gasteiger partial charge in [0.1, 0.15) is 29.1 Å². The second-order valence-corrected chi connectivity index (χ2v) is 6.16. The molecule has 1 aromatic carbocycles. The van der Waals surface area contributed by atoms with Crippen LogP contribution in [0.25, 0.3) is 5.76 Å². The zero-order valence-corrected chi connectivity index (χ0v) is 15.4. The van der Waals surface area contributed by atoms with Crippen molar-refractivity contribution in [2.24, 2.45) is 0 Å². The van der Waals surface area contributed by atoms with Gasteiger partial charge >= 0.3 is 0 Å². The van der Waals surface area contributed by atoms with Crippen molar-refractivity contribution in [3.63, 3.8) is 0 Å². The molecule has 2 heterocycles. The highest BCUT2D eigenvalue weighted by molar-refractivity contribution is 6.46. The van der Waals surface area contributed by atoms with E-state index in [0.29, 0.717) is 22.8 Å². The molecule has 1 amide bonds. The molecule has 27 heavy (non-hydrogen) atoms. The van der Waals surface area contributed by atoms with Crippen LogP contribution in [0.3, 0.4) is 0 Å². The van der Waals surface area contributed by atoms with E-state index in [1.54, 1.807) is 43.3 Å². The van der Waals surface area contributed by atoms with Crippen LogP contribution in [0.5, 0.6) is 5.75 Å². The fourth-order valence-electron chi connectivity index (χ4n) is 3.10. The molecule has 142 valence electrons. The Morgan fingerprint density at radius 1 is 1.15 bits per heavy atom. The number of likely N-dealkylation sites (tertiary alicyclic amines) is 1. The number of Topliss-reactive ketones (excluding diaryl/α,β-unsaturated/α-hetero) is 1. The molecule has 2 aromatic rings. The Balaban J connectivity index is 2.11. The van der Waals surface area contributed by atoms with Crippen LogP contribution in [0.15, 0.2) is 46.4 Å². The zero-order chi connectivity index (χ0) is 19.6. The number of ketones is 1. The smallest absolute Gasteiger partial charge is 0.295 e. The number of benzene rings is 1. The lowest BCUT2D eigenvalue weighted by atomic mass is 9.99. The van der Waals surface area contributed by atoms with Crippen molar-refractivity contribution in [3.05, 3.63) is 59.1 Å². The van der Waals surface area contributed by atoms with Crippen molar-refractivity contribution < 1.29 is 28.6 Å². The van der Waals surface area contributed by atoms with Gasteiger partial charge in [-0.15, -0.1) is 0 Å². The number of furan rings is 1. The van der Waals surface area contributed by atoms with Gasteiger partial charge in [0, 0.05) is 19.2 Å². The Labute approximate surface area is 156 Å². The summed E-state index contributed by atoms with van der Waals surface area (Å²) < 4.78 is 15.8. The van der Waals surface area contributed by atoms with Crippen LogP contribution in [-0.4, -0.2) is 49.1 Å². The third kappa shape index (κ3) is 3.46. The second kappa shape index (κ2) is 7.67. The number of nitrogens with zero attached hydrogens (tertiary/aromatic N) is 1. The summed E-state index contributed by atoms with van der Waals surface area (Å²) in [7, 11) is 3.05. The molecular formula is C20H21NO6. The van der Waals surface area contributed by atoms with Gasteiger partial charge in [-0.1, -0.05) is 0 Å². The van der Waals surface area contributed by atoms with Gasteiger partial charge in [0.2, 0.25) is 0 Å². The van der Waals surface area contributed by atoms with Crippen molar-refractivity contribution in [1.82, 2.24) is 4.90 Å². The van der Waals surface area contributed by atoms with E-state index < -0.39 is 17.7 Å². The third-order valence-corrected chi connectivity index (χ3v) is 4.47.